The van der Waals surface area contributed by atoms with E-state index in [1.165, 1.54) is 12.1 Å². The minimum Gasteiger partial charge on any atom is -0.508 e. The quantitative estimate of drug-likeness (QED) is 0.353. The Labute approximate surface area is 123 Å². The van der Waals surface area contributed by atoms with Gasteiger partial charge in [-0.2, -0.15) is 0 Å². The van der Waals surface area contributed by atoms with Crippen molar-refractivity contribution in [2.75, 3.05) is 11.9 Å². The van der Waals surface area contributed by atoms with Crippen molar-refractivity contribution in [3.05, 3.63) is 35.9 Å². The van der Waals surface area contributed by atoms with E-state index in [0.717, 1.165) is 12.8 Å². The number of carboxylic acid groups (broad SMARTS) is 1. The molecule has 0 atom stereocenters. The predicted molar refractivity (Wildman–Crippen MR) is 80.4 cm³/mol. The van der Waals surface area contributed by atoms with Gasteiger partial charge < -0.3 is 20.8 Å². The molecule has 6 nitrogen and oxygen atoms in total. The van der Waals surface area contributed by atoms with E-state index >= 15 is 0 Å². The Morgan fingerprint density at radius 3 is 2.48 bits per heavy atom. The van der Waals surface area contributed by atoms with E-state index in [9.17, 15) is 9.59 Å². The molecule has 114 valence electrons. The lowest BCUT2D eigenvalue weighted by Crippen LogP contribution is -2.29. The van der Waals surface area contributed by atoms with Crippen LogP contribution in [0.1, 0.15) is 26.2 Å². The van der Waals surface area contributed by atoms with Gasteiger partial charge in [0.05, 0.1) is 0 Å². The molecule has 0 bridgehead atoms. The summed E-state index contributed by atoms with van der Waals surface area (Å²) in [6.45, 7) is 2.08. The topological polar surface area (TPSA) is 98.7 Å². The molecule has 0 saturated heterocycles. The van der Waals surface area contributed by atoms with Crippen LogP contribution in [0.25, 0.3) is 0 Å². The largest absolute Gasteiger partial charge is 0.508 e. The molecule has 0 aliphatic heterocycles. The van der Waals surface area contributed by atoms with E-state index in [4.69, 9.17) is 10.2 Å². The number of hydrogen-bond donors (Lipinski definition) is 4. The molecule has 21 heavy (non-hydrogen) atoms. The second kappa shape index (κ2) is 8.63. The van der Waals surface area contributed by atoms with E-state index in [-0.39, 0.29) is 11.8 Å². The molecule has 0 radical (unpaired) electrons. The number of unbranched alkanes of at least 4 members (excludes halogenated alkanes) is 2. The van der Waals surface area contributed by atoms with Crippen LogP contribution >= 0.6 is 0 Å². The van der Waals surface area contributed by atoms with Gasteiger partial charge in [-0.25, -0.2) is 9.59 Å². The molecular weight excluding hydrogens is 272 g/mol. The Bertz CT molecular complexity index is 509. The zero-order valence-electron chi connectivity index (χ0n) is 11.9. The van der Waals surface area contributed by atoms with Gasteiger partial charge in [-0.1, -0.05) is 6.08 Å². The average molecular weight is 292 g/mol. The highest BCUT2D eigenvalue weighted by molar-refractivity contribution is 5.89. The van der Waals surface area contributed by atoms with E-state index < -0.39 is 5.97 Å². The van der Waals surface area contributed by atoms with Crippen LogP contribution in [0.3, 0.4) is 0 Å². The normalized spacial score (nSPS) is 11.0. The summed E-state index contributed by atoms with van der Waals surface area (Å²) in [7, 11) is 0. The maximum absolute atomic E-state index is 11.6. The minimum atomic E-state index is -0.901. The molecule has 0 fully saturated rings. The van der Waals surface area contributed by atoms with Crippen molar-refractivity contribution in [2.45, 2.75) is 26.2 Å². The first kappa shape index (κ1) is 16.6. The highest BCUT2D eigenvalue weighted by Gasteiger charge is 2.01. The number of rotatable bonds is 7. The van der Waals surface area contributed by atoms with Crippen molar-refractivity contribution in [1.29, 1.82) is 0 Å². The first-order valence-corrected chi connectivity index (χ1v) is 6.73. The van der Waals surface area contributed by atoms with Gasteiger partial charge in [-0.15, -0.1) is 0 Å². The van der Waals surface area contributed by atoms with Crippen LogP contribution in [-0.2, 0) is 4.79 Å². The van der Waals surface area contributed by atoms with Crippen molar-refractivity contribution >= 4 is 17.7 Å². The SMILES string of the molecule is CC(=CCCCCNC(=O)Nc1ccc(O)cc1)C(=O)O. The monoisotopic (exact) mass is 292 g/mol. The van der Waals surface area contributed by atoms with Gasteiger partial charge in [-0.05, 0) is 50.5 Å². The predicted octanol–water partition coefficient (Wildman–Crippen LogP) is 2.71. The smallest absolute Gasteiger partial charge is 0.330 e. The lowest BCUT2D eigenvalue weighted by atomic mass is 10.2. The lowest BCUT2D eigenvalue weighted by molar-refractivity contribution is -0.132. The Hall–Kier alpha value is -2.50. The zero-order chi connectivity index (χ0) is 15.7. The molecule has 0 spiro atoms. The van der Waals surface area contributed by atoms with Gasteiger partial charge in [0.15, 0.2) is 0 Å². The number of aliphatic carboxylic acids is 1. The summed E-state index contributed by atoms with van der Waals surface area (Å²) in [6.07, 6.45) is 3.94. The summed E-state index contributed by atoms with van der Waals surface area (Å²) in [4.78, 5) is 22.1. The van der Waals surface area contributed by atoms with Gasteiger partial charge in [0.1, 0.15) is 5.75 Å². The lowest BCUT2D eigenvalue weighted by Gasteiger charge is -2.07. The maximum atomic E-state index is 11.6. The second-order valence-electron chi connectivity index (χ2n) is 4.62. The Morgan fingerprint density at radius 1 is 1.19 bits per heavy atom. The van der Waals surface area contributed by atoms with E-state index in [1.807, 2.05) is 0 Å². The molecule has 1 rings (SSSR count). The van der Waals surface area contributed by atoms with Gasteiger partial charge in [-0.3, -0.25) is 0 Å². The van der Waals surface area contributed by atoms with E-state index in [1.54, 1.807) is 25.1 Å². The highest BCUT2D eigenvalue weighted by atomic mass is 16.4. The van der Waals surface area contributed by atoms with Crippen molar-refractivity contribution < 1.29 is 19.8 Å². The van der Waals surface area contributed by atoms with Crippen LogP contribution in [0.15, 0.2) is 35.9 Å². The fourth-order valence-electron chi connectivity index (χ4n) is 1.60. The molecule has 0 aliphatic carbocycles. The molecule has 0 saturated carbocycles. The highest BCUT2D eigenvalue weighted by Crippen LogP contribution is 2.13. The molecule has 6 heteroatoms. The summed E-state index contributed by atoms with van der Waals surface area (Å²) in [6, 6.07) is 5.89. The van der Waals surface area contributed by atoms with E-state index in [2.05, 4.69) is 10.6 Å². The number of aromatic hydroxyl groups is 1. The number of allylic oxidation sites excluding steroid dienone is 1. The molecule has 2 amide bonds. The molecule has 0 aromatic heterocycles. The first-order valence-electron chi connectivity index (χ1n) is 6.73. The standard InChI is InChI=1S/C15H20N2O4/c1-11(14(19)20)5-3-2-4-10-16-15(21)17-12-6-8-13(18)9-7-12/h5-9,18H,2-4,10H2,1H3,(H,19,20)(H2,16,17,21). The number of phenols is 1. The second-order valence-corrected chi connectivity index (χ2v) is 4.62. The van der Waals surface area contributed by atoms with Crippen molar-refractivity contribution in [2.24, 2.45) is 0 Å². The van der Waals surface area contributed by atoms with E-state index in [0.29, 0.717) is 24.2 Å². The van der Waals surface area contributed by atoms with Crippen molar-refractivity contribution in [3.8, 4) is 5.75 Å². The number of phenolic OH excluding ortho intramolecular Hbond substituents is 1. The average Bonchev–Trinajstić information content (AvgIpc) is 2.44. The zero-order valence-corrected chi connectivity index (χ0v) is 11.9. The number of anilines is 1. The number of benzene rings is 1. The maximum Gasteiger partial charge on any atom is 0.330 e. The molecule has 4 N–H and O–H groups in total. The van der Waals surface area contributed by atoms with Gasteiger partial charge in [0.25, 0.3) is 0 Å². The summed E-state index contributed by atoms with van der Waals surface area (Å²) in [5, 5.41) is 23.1. The number of hydrogen-bond acceptors (Lipinski definition) is 3. The first-order chi connectivity index (χ1) is 9.99. The summed E-state index contributed by atoms with van der Waals surface area (Å²) in [5.74, 6) is -0.757. The Kier molecular flexibility index (Phi) is 6.80. The molecule has 1 aromatic rings. The molecule has 0 unspecified atom stereocenters. The van der Waals surface area contributed by atoms with Crippen LogP contribution < -0.4 is 10.6 Å². The number of nitrogens with one attached hydrogen (secondary N) is 2. The molecule has 0 heterocycles. The third-order valence-corrected chi connectivity index (χ3v) is 2.83. The van der Waals surface area contributed by atoms with Crippen LogP contribution in [0.5, 0.6) is 5.75 Å². The fourth-order valence-corrected chi connectivity index (χ4v) is 1.60. The van der Waals surface area contributed by atoms with Gasteiger partial charge in [0.2, 0.25) is 0 Å². The molecular formula is C15H20N2O4. The third kappa shape index (κ3) is 7.00. The number of carboxylic acids is 1. The number of amides is 2. The summed E-state index contributed by atoms with van der Waals surface area (Å²) >= 11 is 0. The Balaban J connectivity index is 2.15. The number of carbonyl (C=O) groups is 2. The number of carbonyl (C=O) groups excluding carboxylic acids is 1. The summed E-state index contributed by atoms with van der Waals surface area (Å²) in [5.41, 5.74) is 0.943. The van der Waals surface area contributed by atoms with Crippen molar-refractivity contribution in [3.63, 3.8) is 0 Å². The fraction of sp³-hybridized carbons (Fsp3) is 0.333. The summed E-state index contributed by atoms with van der Waals surface area (Å²) < 4.78 is 0. The third-order valence-electron chi connectivity index (χ3n) is 2.83. The molecule has 1 aromatic carbocycles. The number of urea groups is 1. The van der Waals surface area contributed by atoms with Crippen molar-refractivity contribution in [1.82, 2.24) is 5.32 Å². The minimum absolute atomic E-state index is 0.144. The van der Waals surface area contributed by atoms with Gasteiger partial charge in [0, 0.05) is 17.8 Å². The van der Waals surface area contributed by atoms with Gasteiger partial charge >= 0.3 is 12.0 Å². The Morgan fingerprint density at radius 2 is 1.86 bits per heavy atom. The van der Waals surface area contributed by atoms with Crippen LogP contribution in [0.2, 0.25) is 0 Å². The van der Waals surface area contributed by atoms with Crippen LogP contribution in [0, 0.1) is 0 Å². The van der Waals surface area contributed by atoms with Crippen LogP contribution in [-0.4, -0.2) is 28.8 Å². The molecule has 0 aliphatic rings. The van der Waals surface area contributed by atoms with Crippen LogP contribution in [0.4, 0.5) is 10.5 Å².